The Balaban J connectivity index is 2.43. The van der Waals surface area contributed by atoms with Crippen LogP contribution in [0.2, 0.25) is 0 Å². The van der Waals surface area contributed by atoms with Crippen LogP contribution in [0.5, 0.6) is 0 Å². The van der Waals surface area contributed by atoms with Crippen LogP contribution >= 0.6 is 15.9 Å². The maximum Gasteiger partial charge on any atom is 0.0534 e. The van der Waals surface area contributed by atoms with Crippen molar-refractivity contribution >= 4 is 15.9 Å². The molecule has 16 heavy (non-hydrogen) atoms. The number of hydrogen-bond donors (Lipinski definition) is 0. The van der Waals surface area contributed by atoms with E-state index in [4.69, 9.17) is 0 Å². The van der Waals surface area contributed by atoms with E-state index in [1.54, 1.807) is 0 Å². The summed E-state index contributed by atoms with van der Waals surface area (Å²) in [5.74, 6) is 1.43. The number of halogens is 1. The molecule has 0 saturated carbocycles. The van der Waals surface area contributed by atoms with Gasteiger partial charge in [-0.3, -0.25) is 4.68 Å². The maximum atomic E-state index is 4.18. The Morgan fingerprint density at radius 3 is 2.62 bits per heavy atom. The Kier molecular flexibility index (Phi) is 5.49. The summed E-state index contributed by atoms with van der Waals surface area (Å²) in [6.07, 6.45) is 4.02. The molecule has 0 saturated heterocycles. The summed E-state index contributed by atoms with van der Waals surface area (Å²) < 4.78 is 1.85. The summed E-state index contributed by atoms with van der Waals surface area (Å²) in [5.41, 5.74) is 1.28. The number of rotatable bonds is 6. The lowest BCUT2D eigenvalue weighted by atomic mass is 9.97. The van der Waals surface area contributed by atoms with Crippen molar-refractivity contribution in [3.63, 3.8) is 0 Å². The lowest BCUT2D eigenvalue weighted by Crippen LogP contribution is -2.29. The van der Waals surface area contributed by atoms with Gasteiger partial charge in [-0.2, -0.15) is 5.10 Å². The van der Waals surface area contributed by atoms with Gasteiger partial charge in [0.2, 0.25) is 0 Å². The molecule has 3 nitrogen and oxygen atoms in total. The molecule has 0 N–H and O–H groups in total. The third kappa shape index (κ3) is 4.26. The molecule has 1 aromatic heterocycles. The number of aryl methyl sites for hydroxylation is 1. The van der Waals surface area contributed by atoms with Gasteiger partial charge in [-0.1, -0.05) is 29.8 Å². The molecule has 1 unspecified atom stereocenters. The highest BCUT2D eigenvalue weighted by molar-refractivity contribution is 9.09. The smallest absolute Gasteiger partial charge is 0.0534 e. The van der Waals surface area contributed by atoms with Crippen molar-refractivity contribution in [1.82, 2.24) is 14.7 Å². The molecule has 0 aromatic carbocycles. The second-order valence-corrected chi connectivity index (χ2v) is 5.52. The predicted octanol–water partition coefficient (Wildman–Crippen LogP) is 2.52. The fourth-order valence-electron chi connectivity index (χ4n) is 1.77. The minimum Gasteiger partial charge on any atom is -0.302 e. The molecule has 0 aliphatic heterocycles. The highest BCUT2D eigenvalue weighted by Crippen LogP contribution is 2.15. The van der Waals surface area contributed by atoms with E-state index in [9.17, 15) is 0 Å². The Hall–Kier alpha value is -0.350. The van der Waals surface area contributed by atoms with Gasteiger partial charge in [-0.05, 0) is 18.9 Å². The van der Waals surface area contributed by atoms with E-state index in [2.05, 4.69) is 53.0 Å². The average molecular weight is 288 g/mol. The number of nitrogens with zero attached hydrogens (tertiary/aromatic N) is 3. The van der Waals surface area contributed by atoms with Crippen LogP contribution in [-0.2, 0) is 13.6 Å². The molecule has 1 atom stereocenters. The Labute approximate surface area is 107 Å². The third-order valence-electron chi connectivity index (χ3n) is 2.90. The van der Waals surface area contributed by atoms with Crippen LogP contribution in [0, 0.1) is 11.8 Å². The predicted molar refractivity (Wildman–Crippen MR) is 71.7 cm³/mol. The fourth-order valence-corrected chi connectivity index (χ4v) is 2.72. The van der Waals surface area contributed by atoms with Crippen molar-refractivity contribution in [1.29, 1.82) is 0 Å². The van der Waals surface area contributed by atoms with Gasteiger partial charge >= 0.3 is 0 Å². The second kappa shape index (κ2) is 6.40. The first-order valence-corrected chi connectivity index (χ1v) is 6.87. The maximum absolute atomic E-state index is 4.18. The molecule has 0 amide bonds. The van der Waals surface area contributed by atoms with Gasteiger partial charge in [0.05, 0.1) is 6.20 Å². The molecule has 0 bridgehead atoms. The molecule has 0 spiro atoms. The largest absolute Gasteiger partial charge is 0.302 e. The topological polar surface area (TPSA) is 21.1 Å². The van der Waals surface area contributed by atoms with Crippen molar-refractivity contribution in [3.05, 3.63) is 18.0 Å². The van der Waals surface area contributed by atoms with Gasteiger partial charge in [0, 0.05) is 37.2 Å². The van der Waals surface area contributed by atoms with Crippen LogP contribution in [0.25, 0.3) is 0 Å². The summed E-state index contributed by atoms with van der Waals surface area (Å²) >= 11 is 3.59. The Morgan fingerprint density at radius 2 is 2.19 bits per heavy atom. The molecule has 0 radical (unpaired) electrons. The van der Waals surface area contributed by atoms with Crippen molar-refractivity contribution < 1.29 is 0 Å². The zero-order chi connectivity index (χ0) is 12.1. The van der Waals surface area contributed by atoms with Gasteiger partial charge in [0.1, 0.15) is 0 Å². The molecule has 0 fully saturated rings. The number of hydrogen-bond acceptors (Lipinski definition) is 2. The van der Waals surface area contributed by atoms with Crippen molar-refractivity contribution in [3.8, 4) is 0 Å². The Bertz CT molecular complexity index is 309. The quantitative estimate of drug-likeness (QED) is 0.750. The second-order valence-electron chi connectivity index (χ2n) is 4.88. The lowest BCUT2D eigenvalue weighted by molar-refractivity contribution is 0.247. The Morgan fingerprint density at radius 1 is 1.50 bits per heavy atom. The van der Waals surface area contributed by atoms with Crippen LogP contribution in [0.4, 0.5) is 0 Å². The van der Waals surface area contributed by atoms with E-state index in [0.717, 1.165) is 24.3 Å². The van der Waals surface area contributed by atoms with Crippen LogP contribution in [0.1, 0.15) is 19.4 Å². The van der Waals surface area contributed by atoms with Crippen LogP contribution in [0.15, 0.2) is 12.4 Å². The van der Waals surface area contributed by atoms with Crippen LogP contribution in [0.3, 0.4) is 0 Å². The van der Waals surface area contributed by atoms with Gasteiger partial charge in [0.15, 0.2) is 0 Å². The molecule has 0 aliphatic rings. The van der Waals surface area contributed by atoms with E-state index in [-0.39, 0.29) is 0 Å². The third-order valence-corrected chi connectivity index (χ3v) is 3.73. The highest BCUT2D eigenvalue weighted by atomic mass is 79.9. The standard InChI is InChI=1S/C12H22BrN3/c1-10(2)12(5-13)9-15(3)7-11-6-14-16(4)8-11/h6,8,10,12H,5,7,9H2,1-4H3. The normalized spacial score (nSPS) is 13.7. The van der Waals surface area contributed by atoms with E-state index >= 15 is 0 Å². The van der Waals surface area contributed by atoms with E-state index in [1.165, 1.54) is 5.56 Å². The summed E-state index contributed by atoms with van der Waals surface area (Å²) in [7, 11) is 4.13. The SMILES string of the molecule is CC(C)C(CBr)CN(C)Cc1cnn(C)c1. The zero-order valence-electron chi connectivity index (χ0n) is 10.7. The van der Waals surface area contributed by atoms with Gasteiger partial charge in [0.25, 0.3) is 0 Å². The first kappa shape index (κ1) is 13.7. The van der Waals surface area contributed by atoms with E-state index in [1.807, 2.05) is 17.9 Å². The summed E-state index contributed by atoms with van der Waals surface area (Å²) in [4.78, 5) is 2.36. The molecule has 92 valence electrons. The molecule has 1 aromatic rings. The summed E-state index contributed by atoms with van der Waals surface area (Å²) in [5, 5.41) is 5.26. The van der Waals surface area contributed by atoms with Gasteiger partial charge in [-0.15, -0.1) is 0 Å². The number of aromatic nitrogens is 2. The monoisotopic (exact) mass is 287 g/mol. The van der Waals surface area contributed by atoms with Crippen molar-refractivity contribution in [2.24, 2.45) is 18.9 Å². The lowest BCUT2D eigenvalue weighted by Gasteiger charge is -2.24. The zero-order valence-corrected chi connectivity index (χ0v) is 12.2. The fraction of sp³-hybridized carbons (Fsp3) is 0.750. The molecule has 1 heterocycles. The molecule has 0 aliphatic carbocycles. The van der Waals surface area contributed by atoms with Crippen LogP contribution in [-0.4, -0.2) is 33.6 Å². The molecular formula is C12H22BrN3. The van der Waals surface area contributed by atoms with Gasteiger partial charge in [-0.25, -0.2) is 0 Å². The van der Waals surface area contributed by atoms with Crippen LogP contribution < -0.4 is 0 Å². The van der Waals surface area contributed by atoms with E-state index < -0.39 is 0 Å². The van der Waals surface area contributed by atoms with E-state index in [0.29, 0.717) is 5.92 Å². The number of alkyl halides is 1. The highest BCUT2D eigenvalue weighted by Gasteiger charge is 2.14. The average Bonchev–Trinajstić information content (AvgIpc) is 2.60. The van der Waals surface area contributed by atoms with Crippen molar-refractivity contribution in [2.45, 2.75) is 20.4 Å². The molecule has 1 rings (SSSR count). The van der Waals surface area contributed by atoms with Gasteiger partial charge < -0.3 is 4.90 Å². The van der Waals surface area contributed by atoms with Crippen molar-refractivity contribution in [2.75, 3.05) is 18.9 Å². The minimum absolute atomic E-state index is 0.710. The summed E-state index contributed by atoms with van der Waals surface area (Å²) in [6, 6.07) is 0. The summed E-state index contributed by atoms with van der Waals surface area (Å²) in [6.45, 7) is 6.66. The molecular weight excluding hydrogens is 266 g/mol. The minimum atomic E-state index is 0.710. The molecule has 4 heteroatoms. The first-order chi connectivity index (χ1) is 7.52. The first-order valence-electron chi connectivity index (χ1n) is 5.75.